The number of carbonyl (C=O) groups excluding carboxylic acids is 3. The minimum Gasteiger partial charge on any atom is -0.371 e. The first-order valence-electron chi connectivity index (χ1n) is 22.8. The maximum Gasteiger partial charge on any atom is 0.255 e. The maximum absolute atomic E-state index is 14.0. The molecule has 3 amide bonds. The molecule has 10 rings (SSSR count). The summed E-state index contributed by atoms with van der Waals surface area (Å²) in [6.45, 7) is 7.64. The van der Waals surface area contributed by atoms with Crippen molar-refractivity contribution in [1.82, 2.24) is 34.0 Å². The predicted molar refractivity (Wildman–Crippen MR) is 239 cm³/mol. The highest BCUT2D eigenvalue weighted by molar-refractivity contribution is 7.89. The zero-order valence-corrected chi connectivity index (χ0v) is 36.5. The van der Waals surface area contributed by atoms with Crippen LogP contribution in [0.15, 0.2) is 70.5 Å². The summed E-state index contributed by atoms with van der Waals surface area (Å²) in [6.07, 6.45) is 9.86. The van der Waals surface area contributed by atoms with Crippen molar-refractivity contribution in [1.29, 1.82) is 0 Å². The van der Waals surface area contributed by atoms with Crippen molar-refractivity contribution in [2.75, 3.05) is 74.0 Å². The number of imide groups is 1. The number of sulfonamides is 1. The van der Waals surface area contributed by atoms with Gasteiger partial charge in [-0.1, -0.05) is 18.9 Å². The minimum absolute atomic E-state index is 0.0141. The van der Waals surface area contributed by atoms with Crippen LogP contribution in [0.25, 0.3) is 11.0 Å². The van der Waals surface area contributed by atoms with E-state index in [1.807, 2.05) is 34.9 Å². The van der Waals surface area contributed by atoms with Gasteiger partial charge in [0, 0.05) is 119 Å². The van der Waals surface area contributed by atoms with Crippen molar-refractivity contribution >= 4 is 56.1 Å². The van der Waals surface area contributed by atoms with Gasteiger partial charge < -0.3 is 20.0 Å². The molecule has 1 atom stereocenters. The van der Waals surface area contributed by atoms with Gasteiger partial charge in [0.15, 0.2) is 0 Å². The Morgan fingerprint density at radius 1 is 0.762 bits per heavy atom. The van der Waals surface area contributed by atoms with Gasteiger partial charge in [0.2, 0.25) is 27.8 Å². The molecule has 2 N–H and O–H groups in total. The number of aromatic nitrogens is 3. The third-order valence-electron chi connectivity index (χ3n) is 14.3. The molecule has 0 radical (unpaired) electrons. The van der Waals surface area contributed by atoms with Crippen molar-refractivity contribution < 1.29 is 22.8 Å². The van der Waals surface area contributed by atoms with Crippen LogP contribution in [-0.4, -0.2) is 126 Å². The average Bonchev–Trinajstić information content (AvgIpc) is 3.95. The SMILES string of the molecule is O=C1CCC(N2Cc3cc(N4CCN(CC5CCN(c6cccc(S(=O)(=O)N7CCC(Nc8ncc9ccc(=O)n(C%10CCCC%10)c9n8)CC7)c6)CC5)CC4)ccc3C2=O)C(=O)N1. The van der Waals surface area contributed by atoms with Crippen LogP contribution >= 0.6 is 0 Å². The number of rotatable bonds is 10. The van der Waals surface area contributed by atoms with Crippen LogP contribution in [0.3, 0.4) is 0 Å². The van der Waals surface area contributed by atoms with E-state index in [1.165, 1.54) is 0 Å². The first-order chi connectivity index (χ1) is 30.6. The Morgan fingerprint density at radius 3 is 2.27 bits per heavy atom. The second-order valence-corrected chi connectivity index (χ2v) is 20.2. The zero-order valence-electron chi connectivity index (χ0n) is 35.7. The molecule has 0 bridgehead atoms. The molecule has 5 aliphatic heterocycles. The van der Waals surface area contributed by atoms with Gasteiger partial charge in [-0.05, 0) is 98.9 Å². The number of hydrogen-bond acceptors (Lipinski definition) is 12. The van der Waals surface area contributed by atoms with Crippen molar-refractivity contribution in [3.63, 3.8) is 0 Å². The monoisotopic (exact) mass is 876 g/mol. The number of benzene rings is 2. The molecule has 5 fully saturated rings. The molecule has 2 aromatic heterocycles. The third-order valence-corrected chi connectivity index (χ3v) is 16.2. The van der Waals surface area contributed by atoms with Crippen LogP contribution in [-0.2, 0) is 26.2 Å². The minimum atomic E-state index is -3.68. The Labute approximate surface area is 367 Å². The molecule has 63 heavy (non-hydrogen) atoms. The van der Waals surface area contributed by atoms with Crippen LogP contribution < -0.4 is 26.0 Å². The highest BCUT2D eigenvalue weighted by Crippen LogP contribution is 2.34. The van der Waals surface area contributed by atoms with Gasteiger partial charge >= 0.3 is 0 Å². The van der Waals surface area contributed by atoms with E-state index in [9.17, 15) is 27.6 Å². The van der Waals surface area contributed by atoms with Gasteiger partial charge in [0.1, 0.15) is 11.7 Å². The highest BCUT2D eigenvalue weighted by atomic mass is 32.2. The summed E-state index contributed by atoms with van der Waals surface area (Å²) in [4.78, 5) is 68.7. The zero-order chi connectivity index (χ0) is 43.2. The molecule has 7 heterocycles. The second-order valence-electron chi connectivity index (χ2n) is 18.2. The molecule has 6 aliphatic rings. The number of piperazine rings is 1. The van der Waals surface area contributed by atoms with E-state index >= 15 is 0 Å². The van der Waals surface area contributed by atoms with Gasteiger partial charge in [0.05, 0.1) is 4.90 Å². The molecule has 17 heteroatoms. The number of amides is 3. The van der Waals surface area contributed by atoms with Crippen LogP contribution in [0.2, 0.25) is 0 Å². The van der Waals surface area contributed by atoms with Crippen LogP contribution in [0.5, 0.6) is 0 Å². The number of piperidine rings is 3. The molecule has 0 spiro atoms. The molecule has 4 aromatic rings. The normalized spacial score (nSPS) is 22.6. The van der Waals surface area contributed by atoms with Crippen molar-refractivity contribution in [2.45, 2.75) is 93.8 Å². The number of hydrogen-bond donors (Lipinski definition) is 2. The van der Waals surface area contributed by atoms with E-state index in [0.29, 0.717) is 66.9 Å². The standard InChI is InChI=1S/C46H56N10O6S/c57-41-12-11-40(44(59)49-41)55-30-33-26-37(9-10-39(33)45(55)60)53-24-22-51(23-25-53)29-31-14-18-52(19-15-31)36-6-3-7-38(27-36)63(61,62)54-20-16-34(17-21-54)48-46-47-28-32-8-13-42(58)56(43(32)50-46)35-4-1-2-5-35/h3,6-10,13,26-28,31,34-35,40H,1-2,4-5,11-12,14-25,29-30H2,(H,47,48,50)(H,49,57,59). The molecule has 1 aliphatic carbocycles. The summed E-state index contributed by atoms with van der Waals surface area (Å²) < 4.78 is 31.3. The summed E-state index contributed by atoms with van der Waals surface area (Å²) in [5.74, 6) is 0.205. The van der Waals surface area contributed by atoms with Gasteiger partial charge in [-0.2, -0.15) is 9.29 Å². The van der Waals surface area contributed by atoms with E-state index in [2.05, 4.69) is 36.4 Å². The number of nitrogens with one attached hydrogen (secondary N) is 2. The highest BCUT2D eigenvalue weighted by Gasteiger charge is 2.39. The number of fused-ring (bicyclic) bond motifs is 2. The summed E-state index contributed by atoms with van der Waals surface area (Å²) in [7, 11) is -3.68. The molecular weight excluding hydrogens is 821 g/mol. The van der Waals surface area contributed by atoms with Crippen LogP contribution in [0, 0.1) is 5.92 Å². The lowest BCUT2D eigenvalue weighted by molar-refractivity contribution is -0.136. The predicted octanol–water partition coefficient (Wildman–Crippen LogP) is 3.97. The lowest BCUT2D eigenvalue weighted by atomic mass is 9.95. The van der Waals surface area contributed by atoms with E-state index in [4.69, 9.17) is 4.98 Å². The first kappa shape index (κ1) is 41.6. The van der Waals surface area contributed by atoms with Gasteiger partial charge in [0.25, 0.3) is 11.5 Å². The van der Waals surface area contributed by atoms with Gasteiger partial charge in [-0.15, -0.1) is 0 Å². The number of pyridine rings is 1. The van der Waals surface area contributed by atoms with Gasteiger partial charge in [-0.25, -0.2) is 13.4 Å². The number of carbonyl (C=O) groups is 3. The number of nitrogens with zero attached hydrogens (tertiary/aromatic N) is 8. The Hall–Kier alpha value is -5.39. The fourth-order valence-electron chi connectivity index (χ4n) is 10.7. The van der Waals surface area contributed by atoms with Crippen LogP contribution in [0.1, 0.15) is 86.2 Å². The largest absolute Gasteiger partial charge is 0.371 e. The molecule has 4 saturated heterocycles. The second kappa shape index (κ2) is 17.3. The van der Waals surface area contributed by atoms with Crippen molar-refractivity contribution in [2.24, 2.45) is 5.92 Å². The maximum atomic E-state index is 14.0. The lowest BCUT2D eigenvalue weighted by Gasteiger charge is -2.40. The van der Waals surface area contributed by atoms with E-state index in [0.717, 1.165) is 107 Å². The average molecular weight is 877 g/mol. The van der Waals surface area contributed by atoms with Crippen LogP contribution in [0.4, 0.5) is 17.3 Å². The smallest absolute Gasteiger partial charge is 0.255 e. The molecule has 2 aromatic carbocycles. The molecular formula is C46H56N10O6S. The van der Waals surface area contributed by atoms with Crippen molar-refractivity contribution in [3.8, 4) is 0 Å². The summed E-state index contributed by atoms with van der Waals surface area (Å²) in [5.41, 5.74) is 4.22. The molecule has 1 saturated carbocycles. The molecule has 16 nitrogen and oxygen atoms in total. The number of anilines is 3. The quantitative estimate of drug-likeness (QED) is 0.220. The summed E-state index contributed by atoms with van der Waals surface area (Å²) >= 11 is 0. The Bertz CT molecular complexity index is 2570. The van der Waals surface area contributed by atoms with E-state index in [-0.39, 0.29) is 35.9 Å². The van der Waals surface area contributed by atoms with Crippen molar-refractivity contribution in [3.05, 3.63) is 82.3 Å². The Morgan fingerprint density at radius 2 is 1.51 bits per heavy atom. The van der Waals surface area contributed by atoms with Gasteiger partial charge in [-0.3, -0.25) is 34.0 Å². The Balaban J connectivity index is 0.689. The Kier molecular flexibility index (Phi) is 11.4. The first-order valence-corrected chi connectivity index (χ1v) is 24.3. The lowest BCUT2D eigenvalue weighted by Crippen LogP contribution is -2.52. The fraction of sp³-hybridized carbons (Fsp3) is 0.522. The summed E-state index contributed by atoms with van der Waals surface area (Å²) in [5, 5.41) is 6.65. The van der Waals surface area contributed by atoms with E-state index < -0.39 is 22.0 Å². The van der Waals surface area contributed by atoms with E-state index in [1.54, 1.807) is 33.6 Å². The third kappa shape index (κ3) is 8.42. The molecule has 1 unspecified atom stereocenters. The molecule has 332 valence electrons. The fourth-order valence-corrected chi connectivity index (χ4v) is 12.2. The summed E-state index contributed by atoms with van der Waals surface area (Å²) in [6, 6.07) is 16.4. The topological polar surface area (TPSA) is 173 Å².